The fraction of sp³-hybridized carbons (Fsp3) is 0.258. The summed E-state index contributed by atoms with van der Waals surface area (Å²) in [7, 11) is 0. The Balaban J connectivity index is 0.000000264. The minimum atomic E-state index is -0.574. The maximum atomic E-state index is 13.0. The Labute approximate surface area is 283 Å². The highest BCUT2D eigenvalue weighted by atomic mass is 32.1. The van der Waals surface area contributed by atoms with Gasteiger partial charge in [0.15, 0.2) is 10.3 Å². The Morgan fingerprint density at radius 3 is 1.56 bits per heavy atom. The van der Waals surface area contributed by atoms with Crippen molar-refractivity contribution in [3.63, 3.8) is 0 Å². The number of anilines is 4. The van der Waals surface area contributed by atoms with Gasteiger partial charge in [0.2, 0.25) is 0 Å². The number of halogens is 1. The average Bonchev–Trinajstić information content (AvgIpc) is 3.58. The number of nitrogens with zero attached hydrogens (tertiary/aromatic N) is 2. The summed E-state index contributed by atoms with van der Waals surface area (Å²) in [6.07, 6.45) is 0. The fourth-order valence-corrected chi connectivity index (χ4v) is 5.37. The second kappa shape index (κ2) is 18.1. The molecule has 2 aromatic heterocycles. The second-order valence-electron chi connectivity index (χ2n) is 9.27. The molecule has 0 aliphatic carbocycles. The molecule has 2 aromatic carbocycles. The lowest BCUT2D eigenvalue weighted by Gasteiger charge is -2.06. The first-order chi connectivity index (χ1) is 22.9. The zero-order chi connectivity index (χ0) is 35.2. The van der Waals surface area contributed by atoms with Crippen molar-refractivity contribution in [2.45, 2.75) is 34.6 Å². The number of benzene rings is 2. The van der Waals surface area contributed by atoms with Crippen molar-refractivity contribution in [1.82, 2.24) is 9.97 Å². The largest absolute Gasteiger partial charge is 0.462 e. The first-order valence-corrected chi connectivity index (χ1v) is 16.0. The monoisotopic (exact) mass is 700 g/mol. The summed E-state index contributed by atoms with van der Waals surface area (Å²) in [4.78, 5) is 67.8. The molecular formula is C31H33FN6O8S2. The molecule has 0 atom stereocenters. The first-order valence-electron chi connectivity index (χ1n) is 14.4. The van der Waals surface area contributed by atoms with E-state index in [-0.39, 0.29) is 23.5 Å². The molecule has 4 amide bonds. The molecule has 0 unspecified atom stereocenters. The summed E-state index contributed by atoms with van der Waals surface area (Å²) >= 11 is 2.06. The molecule has 0 saturated carbocycles. The molecule has 14 nitrogen and oxygen atoms in total. The van der Waals surface area contributed by atoms with Crippen LogP contribution < -0.4 is 21.3 Å². The molecule has 48 heavy (non-hydrogen) atoms. The van der Waals surface area contributed by atoms with Crippen LogP contribution >= 0.6 is 22.7 Å². The van der Waals surface area contributed by atoms with Crippen LogP contribution in [0.15, 0.2) is 48.5 Å². The van der Waals surface area contributed by atoms with Gasteiger partial charge in [-0.05, 0) is 77.1 Å². The first kappa shape index (κ1) is 37.0. The van der Waals surface area contributed by atoms with E-state index in [1.165, 1.54) is 18.2 Å². The summed E-state index contributed by atoms with van der Waals surface area (Å²) in [5.41, 5.74) is 2.17. The third-order valence-electron chi connectivity index (χ3n) is 5.69. The van der Waals surface area contributed by atoms with E-state index in [1.807, 2.05) is 0 Å². The molecule has 0 radical (unpaired) electrons. The number of hydrogen-bond acceptors (Lipinski definition) is 12. The predicted molar refractivity (Wildman–Crippen MR) is 180 cm³/mol. The van der Waals surface area contributed by atoms with E-state index in [1.54, 1.807) is 65.0 Å². The molecular weight excluding hydrogens is 668 g/mol. The van der Waals surface area contributed by atoms with E-state index in [2.05, 4.69) is 31.2 Å². The van der Waals surface area contributed by atoms with Gasteiger partial charge in [-0.25, -0.2) is 38.3 Å². The normalized spacial score (nSPS) is 10.1. The zero-order valence-electron chi connectivity index (χ0n) is 26.6. The van der Waals surface area contributed by atoms with Crippen molar-refractivity contribution in [1.29, 1.82) is 0 Å². The van der Waals surface area contributed by atoms with Crippen molar-refractivity contribution in [2.24, 2.45) is 0 Å². The number of carbonyl (C=O) groups excluding carboxylic acids is 5. The summed E-state index contributed by atoms with van der Waals surface area (Å²) in [5.74, 6) is -1.82. The number of hydrogen-bond donors (Lipinski definition) is 4. The molecule has 0 bridgehead atoms. The van der Waals surface area contributed by atoms with Gasteiger partial charge in [-0.15, -0.1) is 0 Å². The van der Waals surface area contributed by atoms with Crippen LogP contribution in [0.4, 0.5) is 35.6 Å². The predicted octanol–water partition coefficient (Wildman–Crippen LogP) is 6.86. The van der Waals surface area contributed by atoms with Crippen LogP contribution in [0.5, 0.6) is 0 Å². The average molecular weight is 701 g/mol. The summed E-state index contributed by atoms with van der Waals surface area (Å²) in [6.45, 7) is 9.29. The van der Waals surface area contributed by atoms with Gasteiger partial charge in [0.1, 0.15) is 15.6 Å². The van der Waals surface area contributed by atoms with Gasteiger partial charge in [0, 0.05) is 11.4 Å². The Kier molecular flexibility index (Phi) is 13.9. The van der Waals surface area contributed by atoms with Gasteiger partial charge in [-0.1, -0.05) is 28.7 Å². The number of rotatable bonds is 10. The van der Waals surface area contributed by atoms with Crippen LogP contribution in [-0.2, 0) is 14.2 Å². The number of carbonyl (C=O) groups is 5. The third-order valence-corrected chi connectivity index (χ3v) is 7.80. The van der Waals surface area contributed by atoms with E-state index in [0.29, 0.717) is 44.7 Å². The van der Waals surface area contributed by atoms with E-state index in [9.17, 15) is 28.4 Å². The zero-order valence-corrected chi connectivity index (χ0v) is 28.2. The minimum Gasteiger partial charge on any atom is -0.462 e. The van der Waals surface area contributed by atoms with E-state index < -0.39 is 35.8 Å². The highest BCUT2D eigenvalue weighted by molar-refractivity contribution is 7.18. The fourth-order valence-electron chi connectivity index (χ4n) is 3.66. The number of amides is 4. The highest BCUT2D eigenvalue weighted by Gasteiger charge is 2.19. The summed E-state index contributed by atoms with van der Waals surface area (Å²) in [6, 6.07) is 10.7. The maximum Gasteiger partial charge on any atom is 0.350 e. The lowest BCUT2D eigenvalue weighted by molar-refractivity contribution is 0.0518. The molecule has 17 heteroatoms. The molecule has 0 fully saturated rings. The minimum absolute atomic E-state index is 0.259. The molecule has 0 aliphatic heterocycles. The van der Waals surface area contributed by atoms with E-state index in [4.69, 9.17) is 14.2 Å². The molecule has 254 valence electrons. The van der Waals surface area contributed by atoms with Gasteiger partial charge < -0.3 is 24.8 Å². The van der Waals surface area contributed by atoms with Crippen LogP contribution in [-0.4, -0.2) is 59.8 Å². The van der Waals surface area contributed by atoms with Crippen molar-refractivity contribution in [3.8, 4) is 0 Å². The van der Waals surface area contributed by atoms with Gasteiger partial charge in [0.05, 0.1) is 36.8 Å². The number of esters is 3. The SMILES string of the molecule is CCOC(=O)c1ccc(NC(=O)Nc2nc(C)c(C(=O)OCC)s2)cc1.CCOC(=O)c1sc(NC(=O)Nc2cccc(F)c2)nc1C. The second-order valence-corrected chi connectivity index (χ2v) is 11.3. The number of aromatic nitrogens is 2. The van der Waals surface area contributed by atoms with E-state index in [0.717, 1.165) is 22.7 Å². The number of nitrogens with one attached hydrogen (secondary N) is 4. The summed E-state index contributed by atoms with van der Waals surface area (Å²) in [5, 5.41) is 10.7. The van der Waals surface area contributed by atoms with Crippen LogP contribution in [0.3, 0.4) is 0 Å². The van der Waals surface area contributed by atoms with Crippen molar-refractivity contribution in [2.75, 3.05) is 41.1 Å². The van der Waals surface area contributed by atoms with Gasteiger partial charge >= 0.3 is 30.0 Å². The number of urea groups is 2. The van der Waals surface area contributed by atoms with Crippen LogP contribution in [0.2, 0.25) is 0 Å². The lowest BCUT2D eigenvalue weighted by atomic mass is 10.2. The highest BCUT2D eigenvalue weighted by Crippen LogP contribution is 2.25. The Morgan fingerprint density at radius 2 is 1.10 bits per heavy atom. The third kappa shape index (κ3) is 11.1. The molecule has 4 aromatic rings. The van der Waals surface area contributed by atoms with Crippen LogP contribution in [0.25, 0.3) is 0 Å². The van der Waals surface area contributed by atoms with Gasteiger partial charge in [0.25, 0.3) is 0 Å². The Bertz CT molecular complexity index is 1760. The molecule has 4 N–H and O–H groups in total. The Morgan fingerprint density at radius 1 is 0.646 bits per heavy atom. The smallest absolute Gasteiger partial charge is 0.350 e. The van der Waals surface area contributed by atoms with Crippen LogP contribution in [0, 0.1) is 19.7 Å². The number of thiazole rings is 2. The van der Waals surface area contributed by atoms with Crippen molar-refractivity contribution < 1.29 is 42.6 Å². The number of ether oxygens (including phenoxy) is 3. The van der Waals surface area contributed by atoms with Gasteiger partial charge in [-0.2, -0.15) is 0 Å². The summed E-state index contributed by atoms with van der Waals surface area (Å²) < 4.78 is 27.8. The molecule has 4 rings (SSSR count). The standard InChI is InChI=1S/C17H19N3O5S.C14H14FN3O3S/c1-4-24-14(21)11-6-8-12(9-7-11)19-16(23)20-17-18-10(3)13(26-17)15(22)25-5-2;1-3-21-12(19)11-8(2)16-14(22-11)18-13(20)17-10-6-4-5-9(15)7-10/h6-9H,4-5H2,1-3H3,(H2,18,19,20,23);4-7H,3H2,1-2H3,(H2,16,17,18,20). The van der Waals surface area contributed by atoms with Crippen LogP contribution in [0.1, 0.15) is 61.9 Å². The van der Waals surface area contributed by atoms with Gasteiger partial charge in [-0.3, -0.25) is 10.6 Å². The van der Waals surface area contributed by atoms with E-state index >= 15 is 0 Å². The topological polar surface area (TPSA) is 187 Å². The van der Waals surface area contributed by atoms with Crippen molar-refractivity contribution in [3.05, 3.63) is 81.1 Å². The molecule has 0 spiro atoms. The molecule has 0 saturated heterocycles. The number of aryl methyl sites for hydroxylation is 2. The molecule has 2 heterocycles. The quantitative estimate of drug-likeness (QED) is 0.101. The lowest BCUT2D eigenvalue weighted by Crippen LogP contribution is -2.19. The van der Waals surface area contributed by atoms with Crippen molar-refractivity contribution >= 4 is 74.3 Å². The maximum absolute atomic E-state index is 13.0. The Hall–Kier alpha value is -5.42. The molecule has 0 aliphatic rings.